The van der Waals surface area contributed by atoms with Gasteiger partial charge >= 0.3 is 6.18 Å². The van der Waals surface area contributed by atoms with Crippen molar-refractivity contribution in [3.05, 3.63) is 64.2 Å². The Kier molecular flexibility index (Phi) is 4.66. The number of aryl methyl sites for hydroxylation is 3. The molecule has 0 bridgehead atoms. The van der Waals surface area contributed by atoms with E-state index in [-0.39, 0.29) is 10.7 Å². The largest absolute Gasteiger partial charge is 0.416 e. The molecule has 0 amide bonds. The molecule has 2 aromatic carbocycles. The monoisotopic (exact) mass is 324 g/mol. The van der Waals surface area contributed by atoms with Crippen LogP contribution in [0.2, 0.25) is 0 Å². The van der Waals surface area contributed by atoms with E-state index in [1.54, 1.807) is 12.1 Å². The molecule has 116 valence electrons. The molecule has 0 N–H and O–H groups in total. The van der Waals surface area contributed by atoms with E-state index in [9.17, 15) is 18.0 Å². The fourth-order valence-electron chi connectivity index (χ4n) is 2.05. The van der Waals surface area contributed by atoms with Gasteiger partial charge in [0.2, 0.25) is 5.12 Å². The van der Waals surface area contributed by atoms with Gasteiger partial charge in [0, 0.05) is 10.5 Å². The van der Waals surface area contributed by atoms with Gasteiger partial charge in [-0.25, -0.2) is 0 Å². The zero-order valence-corrected chi connectivity index (χ0v) is 13.2. The van der Waals surface area contributed by atoms with Gasteiger partial charge in [-0.2, -0.15) is 13.2 Å². The van der Waals surface area contributed by atoms with Gasteiger partial charge in [0.1, 0.15) is 0 Å². The first-order valence-corrected chi connectivity index (χ1v) is 7.47. The van der Waals surface area contributed by atoms with E-state index in [2.05, 4.69) is 0 Å². The number of carbonyl (C=O) groups is 1. The molecule has 0 atom stereocenters. The van der Waals surface area contributed by atoms with Gasteiger partial charge in [0.25, 0.3) is 0 Å². The quantitative estimate of drug-likeness (QED) is 0.672. The van der Waals surface area contributed by atoms with E-state index in [4.69, 9.17) is 0 Å². The van der Waals surface area contributed by atoms with Crippen molar-refractivity contribution < 1.29 is 18.0 Å². The summed E-state index contributed by atoms with van der Waals surface area (Å²) in [4.78, 5) is 12.7. The van der Waals surface area contributed by atoms with Crippen molar-refractivity contribution in [2.45, 2.75) is 31.8 Å². The van der Waals surface area contributed by atoms with Crippen molar-refractivity contribution in [3.63, 3.8) is 0 Å². The fourth-order valence-corrected chi connectivity index (χ4v) is 2.88. The molecule has 2 rings (SSSR count). The van der Waals surface area contributed by atoms with Crippen LogP contribution < -0.4 is 0 Å². The number of halogens is 3. The minimum atomic E-state index is -4.37. The van der Waals surface area contributed by atoms with Crippen molar-refractivity contribution in [1.29, 1.82) is 0 Å². The van der Waals surface area contributed by atoms with Crippen molar-refractivity contribution in [2.75, 3.05) is 0 Å². The average Bonchev–Trinajstić information content (AvgIpc) is 2.40. The lowest BCUT2D eigenvalue weighted by Gasteiger charge is -2.11. The minimum absolute atomic E-state index is 0.116. The molecule has 22 heavy (non-hydrogen) atoms. The molecule has 0 fully saturated rings. The zero-order valence-electron chi connectivity index (χ0n) is 12.4. The maximum absolute atomic E-state index is 12.7. The first-order valence-electron chi connectivity index (χ1n) is 6.66. The van der Waals surface area contributed by atoms with Gasteiger partial charge in [0.05, 0.1) is 5.56 Å². The Morgan fingerprint density at radius 1 is 0.909 bits per heavy atom. The van der Waals surface area contributed by atoms with E-state index in [1.807, 2.05) is 19.9 Å². The topological polar surface area (TPSA) is 17.1 Å². The SMILES string of the molecule is Cc1ccc(C(=O)Sc2ccc(C(F)(F)F)c(C)c2)cc1C. The third-order valence-corrected chi connectivity index (χ3v) is 4.37. The van der Waals surface area contributed by atoms with Crippen LogP contribution >= 0.6 is 11.8 Å². The molecular weight excluding hydrogens is 309 g/mol. The van der Waals surface area contributed by atoms with Crippen LogP contribution in [0.1, 0.15) is 32.6 Å². The Balaban J connectivity index is 2.22. The number of alkyl halides is 3. The highest BCUT2D eigenvalue weighted by atomic mass is 32.2. The number of rotatable bonds is 2. The van der Waals surface area contributed by atoms with Crippen molar-refractivity contribution in [3.8, 4) is 0 Å². The summed E-state index contributed by atoms with van der Waals surface area (Å²) in [6.07, 6.45) is -4.37. The van der Waals surface area contributed by atoms with Gasteiger partial charge < -0.3 is 0 Å². The van der Waals surface area contributed by atoms with E-state index in [1.165, 1.54) is 19.1 Å². The molecule has 1 nitrogen and oxygen atoms in total. The summed E-state index contributed by atoms with van der Waals surface area (Å²) < 4.78 is 38.1. The molecule has 5 heteroatoms. The first-order chi connectivity index (χ1) is 10.2. The van der Waals surface area contributed by atoms with E-state index < -0.39 is 11.7 Å². The Hall–Kier alpha value is -1.75. The average molecular weight is 324 g/mol. The number of carbonyl (C=O) groups excluding carboxylic acids is 1. The maximum atomic E-state index is 12.7. The summed E-state index contributed by atoms with van der Waals surface area (Å²) >= 11 is 0.938. The van der Waals surface area contributed by atoms with Crippen LogP contribution in [0.4, 0.5) is 13.2 Å². The molecular formula is C17H15F3OS. The normalized spacial score (nSPS) is 11.5. The predicted octanol–water partition coefficient (Wildman–Crippen LogP) is 5.56. The highest BCUT2D eigenvalue weighted by Crippen LogP contribution is 2.34. The zero-order chi connectivity index (χ0) is 16.5. The number of hydrogen-bond donors (Lipinski definition) is 0. The van der Waals surface area contributed by atoms with E-state index >= 15 is 0 Å². The molecule has 0 unspecified atom stereocenters. The summed E-state index contributed by atoms with van der Waals surface area (Å²) in [7, 11) is 0. The lowest BCUT2D eigenvalue weighted by Crippen LogP contribution is -2.07. The lowest BCUT2D eigenvalue weighted by atomic mass is 10.1. The summed E-state index contributed by atoms with van der Waals surface area (Å²) in [5.74, 6) is 0. The van der Waals surface area contributed by atoms with Crippen LogP contribution in [-0.4, -0.2) is 5.12 Å². The predicted molar refractivity (Wildman–Crippen MR) is 82.3 cm³/mol. The summed E-state index contributed by atoms with van der Waals surface area (Å²) in [6.45, 7) is 5.27. The molecule has 0 saturated heterocycles. The molecule has 0 radical (unpaired) electrons. The summed E-state index contributed by atoms with van der Waals surface area (Å²) in [6, 6.07) is 9.13. The van der Waals surface area contributed by atoms with Gasteiger partial charge in [-0.05, 0) is 73.5 Å². The second kappa shape index (κ2) is 6.16. The second-order valence-electron chi connectivity index (χ2n) is 5.16. The highest BCUT2D eigenvalue weighted by Gasteiger charge is 2.32. The number of benzene rings is 2. The van der Waals surface area contributed by atoms with Gasteiger partial charge in [0.15, 0.2) is 0 Å². The van der Waals surface area contributed by atoms with Crippen LogP contribution in [0.3, 0.4) is 0 Å². The van der Waals surface area contributed by atoms with Crippen LogP contribution in [0.15, 0.2) is 41.3 Å². The fraction of sp³-hybridized carbons (Fsp3) is 0.235. The minimum Gasteiger partial charge on any atom is -0.281 e. The molecule has 2 aromatic rings. The van der Waals surface area contributed by atoms with Crippen LogP contribution in [0, 0.1) is 20.8 Å². The molecule has 0 spiro atoms. The standard InChI is InChI=1S/C17H15F3OS/c1-10-4-5-13(8-11(10)2)16(21)22-14-6-7-15(12(3)9-14)17(18,19)20/h4-9H,1-3H3. The Labute approximate surface area is 131 Å². The Bertz CT molecular complexity index is 720. The van der Waals surface area contributed by atoms with Gasteiger partial charge in [-0.3, -0.25) is 4.79 Å². The number of hydrogen-bond acceptors (Lipinski definition) is 2. The summed E-state index contributed by atoms with van der Waals surface area (Å²) in [5.41, 5.74) is 2.09. The maximum Gasteiger partial charge on any atom is 0.416 e. The molecule has 0 aliphatic carbocycles. The van der Waals surface area contributed by atoms with Crippen LogP contribution in [0.5, 0.6) is 0 Å². The highest BCUT2D eigenvalue weighted by molar-refractivity contribution is 8.14. The smallest absolute Gasteiger partial charge is 0.281 e. The van der Waals surface area contributed by atoms with Crippen LogP contribution in [-0.2, 0) is 6.18 Å². The molecule has 0 saturated carbocycles. The van der Waals surface area contributed by atoms with Gasteiger partial charge in [-0.15, -0.1) is 0 Å². The number of thioether (sulfide) groups is 1. The summed E-state index contributed by atoms with van der Waals surface area (Å²) in [5, 5.41) is -0.178. The van der Waals surface area contributed by atoms with E-state index in [0.717, 1.165) is 29.0 Å². The molecule has 0 heterocycles. The lowest BCUT2D eigenvalue weighted by molar-refractivity contribution is -0.138. The van der Waals surface area contributed by atoms with Crippen molar-refractivity contribution >= 4 is 16.9 Å². The van der Waals surface area contributed by atoms with Crippen molar-refractivity contribution in [1.82, 2.24) is 0 Å². The second-order valence-corrected chi connectivity index (χ2v) is 6.21. The van der Waals surface area contributed by atoms with E-state index in [0.29, 0.717) is 10.5 Å². The molecule has 0 aliphatic rings. The molecule has 0 aromatic heterocycles. The van der Waals surface area contributed by atoms with Crippen molar-refractivity contribution in [2.24, 2.45) is 0 Å². The van der Waals surface area contributed by atoms with Gasteiger partial charge in [-0.1, -0.05) is 12.1 Å². The Morgan fingerprint density at radius 3 is 2.14 bits per heavy atom. The van der Waals surface area contributed by atoms with Crippen LogP contribution in [0.25, 0.3) is 0 Å². The third kappa shape index (κ3) is 3.71. The third-order valence-electron chi connectivity index (χ3n) is 3.46. The first kappa shape index (κ1) is 16.6. The Morgan fingerprint density at radius 2 is 1.59 bits per heavy atom. The molecule has 0 aliphatic heterocycles.